The molecule has 0 unspecified atom stereocenters. The number of halogens is 4. The molecule has 10 heteroatoms. The molecule has 28 heavy (non-hydrogen) atoms. The van der Waals surface area contributed by atoms with Crippen LogP contribution in [0.3, 0.4) is 0 Å². The van der Waals surface area contributed by atoms with Gasteiger partial charge in [0, 0.05) is 11.8 Å². The van der Waals surface area contributed by atoms with Gasteiger partial charge in [-0.2, -0.15) is 13.2 Å². The second-order valence-corrected chi connectivity index (χ2v) is 6.76. The van der Waals surface area contributed by atoms with E-state index < -0.39 is 17.8 Å². The average molecular weight is 425 g/mol. The van der Waals surface area contributed by atoms with Crippen molar-refractivity contribution in [3.8, 4) is 11.3 Å². The Bertz CT molecular complexity index is 986. The molecule has 0 aliphatic heterocycles. The molecule has 0 saturated carbocycles. The van der Waals surface area contributed by atoms with Crippen molar-refractivity contribution in [2.45, 2.75) is 11.3 Å². The van der Waals surface area contributed by atoms with Gasteiger partial charge in [0.05, 0.1) is 17.1 Å². The lowest BCUT2D eigenvalue weighted by Crippen LogP contribution is -2.15. The van der Waals surface area contributed by atoms with Crippen LogP contribution in [0.5, 0.6) is 0 Å². The number of hydrogen-bond donors (Lipinski definition) is 1. The first kappa shape index (κ1) is 20.1. The summed E-state index contributed by atoms with van der Waals surface area (Å²) in [6.07, 6.45) is -3.17. The van der Waals surface area contributed by atoms with Crippen LogP contribution in [0, 0.1) is 0 Å². The van der Waals surface area contributed by atoms with Crippen molar-refractivity contribution < 1.29 is 18.0 Å². The van der Waals surface area contributed by atoms with E-state index in [1.54, 1.807) is 42.5 Å². The van der Waals surface area contributed by atoms with Gasteiger partial charge in [0.15, 0.2) is 10.3 Å². The zero-order valence-electron chi connectivity index (χ0n) is 14.1. The summed E-state index contributed by atoms with van der Waals surface area (Å²) in [7, 11) is 0. The second-order valence-electron chi connectivity index (χ2n) is 5.46. The van der Waals surface area contributed by atoms with Gasteiger partial charge in [-0.25, -0.2) is 15.0 Å². The van der Waals surface area contributed by atoms with Crippen molar-refractivity contribution >= 4 is 35.0 Å². The number of nitrogens with zero attached hydrogens (tertiary/aromatic N) is 3. The van der Waals surface area contributed by atoms with Crippen LogP contribution in [0.2, 0.25) is 5.15 Å². The standard InChI is InChI=1S/C18H12ClF3N4OS/c19-16-12(7-4-8-23-16)24-15(27)10-28-17-25-13(11-5-2-1-3-6-11)9-14(26-17)18(20,21)22/h1-9H,10H2,(H,24,27). The molecule has 2 heterocycles. The Hall–Kier alpha value is -2.65. The molecule has 2 aromatic heterocycles. The third-order valence-corrected chi connectivity index (χ3v) is 4.58. The minimum Gasteiger partial charge on any atom is -0.323 e. The summed E-state index contributed by atoms with van der Waals surface area (Å²) in [6, 6.07) is 12.5. The van der Waals surface area contributed by atoms with Crippen LogP contribution in [0.1, 0.15) is 5.69 Å². The molecular weight excluding hydrogens is 413 g/mol. The van der Waals surface area contributed by atoms with Crippen molar-refractivity contribution in [3.05, 3.63) is 65.6 Å². The van der Waals surface area contributed by atoms with Gasteiger partial charge in [-0.05, 0) is 18.2 Å². The molecule has 0 aliphatic rings. The summed E-state index contributed by atoms with van der Waals surface area (Å²) < 4.78 is 39.6. The van der Waals surface area contributed by atoms with Gasteiger partial charge in [0.25, 0.3) is 0 Å². The van der Waals surface area contributed by atoms with Gasteiger partial charge in [-0.3, -0.25) is 4.79 Å². The lowest BCUT2D eigenvalue weighted by molar-refractivity contribution is -0.141. The lowest BCUT2D eigenvalue weighted by atomic mass is 10.1. The van der Waals surface area contributed by atoms with Crippen molar-refractivity contribution in [1.29, 1.82) is 0 Å². The van der Waals surface area contributed by atoms with E-state index in [2.05, 4.69) is 20.3 Å². The van der Waals surface area contributed by atoms with Crippen LogP contribution in [0.4, 0.5) is 18.9 Å². The van der Waals surface area contributed by atoms with Gasteiger partial charge in [-0.1, -0.05) is 53.7 Å². The number of benzene rings is 1. The van der Waals surface area contributed by atoms with Crippen LogP contribution in [-0.4, -0.2) is 26.6 Å². The number of hydrogen-bond acceptors (Lipinski definition) is 5. The first-order valence-corrected chi connectivity index (χ1v) is 9.24. The predicted octanol–water partition coefficient (Wildman–Crippen LogP) is 4.94. The minimum absolute atomic E-state index is 0.113. The molecule has 0 atom stereocenters. The largest absolute Gasteiger partial charge is 0.433 e. The van der Waals surface area contributed by atoms with E-state index in [1.807, 2.05) is 0 Å². The smallest absolute Gasteiger partial charge is 0.323 e. The van der Waals surface area contributed by atoms with Crippen LogP contribution in [-0.2, 0) is 11.0 Å². The maximum atomic E-state index is 13.2. The topological polar surface area (TPSA) is 67.8 Å². The Balaban J connectivity index is 1.79. The van der Waals surface area contributed by atoms with E-state index in [4.69, 9.17) is 11.6 Å². The number of aromatic nitrogens is 3. The maximum Gasteiger partial charge on any atom is 0.433 e. The van der Waals surface area contributed by atoms with E-state index in [-0.39, 0.29) is 21.8 Å². The highest BCUT2D eigenvalue weighted by Gasteiger charge is 2.34. The number of thioether (sulfide) groups is 1. The van der Waals surface area contributed by atoms with E-state index in [1.165, 1.54) is 6.20 Å². The van der Waals surface area contributed by atoms with Crippen LogP contribution >= 0.6 is 23.4 Å². The number of nitrogens with one attached hydrogen (secondary N) is 1. The molecule has 0 saturated heterocycles. The first-order valence-electron chi connectivity index (χ1n) is 7.88. The highest BCUT2D eigenvalue weighted by molar-refractivity contribution is 7.99. The molecule has 144 valence electrons. The SMILES string of the molecule is O=C(CSc1nc(-c2ccccc2)cc(C(F)(F)F)n1)Nc1cccnc1Cl. The number of rotatable bonds is 5. The molecule has 0 radical (unpaired) electrons. The summed E-state index contributed by atoms with van der Waals surface area (Å²) in [4.78, 5) is 23.6. The molecule has 3 aromatic rings. The van der Waals surface area contributed by atoms with E-state index in [0.717, 1.165) is 17.8 Å². The highest BCUT2D eigenvalue weighted by atomic mass is 35.5. The van der Waals surface area contributed by atoms with Gasteiger partial charge in [0.2, 0.25) is 5.91 Å². The fourth-order valence-electron chi connectivity index (χ4n) is 2.19. The molecular formula is C18H12ClF3N4OS. The third-order valence-electron chi connectivity index (χ3n) is 3.43. The van der Waals surface area contributed by atoms with Gasteiger partial charge >= 0.3 is 6.18 Å². The molecule has 0 spiro atoms. The Kier molecular flexibility index (Phi) is 6.15. The molecule has 1 amide bonds. The molecule has 0 aliphatic carbocycles. The molecule has 1 N–H and O–H groups in total. The van der Waals surface area contributed by atoms with Crippen LogP contribution in [0.25, 0.3) is 11.3 Å². The van der Waals surface area contributed by atoms with Gasteiger partial charge in [-0.15, -0.1) is 0 Å². The van der Waals surface area contributed by atoms with Crippen molar-refractivity contribution in [2.24, 2.45) is 0 Å². The fraction of sp³-hybridized carbons (Fsp3) is 0.111. The van der Waals surface area contributed by atoms with Gasteiger partial charge < -0.3 is 5.32 Å². The quantitative estimate of drug-likeness (QED) is 0.357. The summed E-state index contributed by atoms with van der Waals surface area (Å²) in [5.41, 5.74) is -0.116. The number of anilines is 1. The van der Waals surface area contributed by atoms with Crippen molar-refractivity contribution in [1.82, 2.24) is 15.0 Å². The lowest BCUT2D eigenvalue weighted by Gasteiger charge is -2.11. The summed E-state index contributed by atoms with van der Waals surface area (Å²) >= 11 is 6.66. The Morgan fingerprint density at radius 1 is 1.11 bits per heavy atom. The zero-order chi connectivity index (χ0) is 20.1. The predicted molar refractivity (Wildman–Crippen MR) is 101 cm³/mol. The molecule has 0 bridgehead atoms. The van der Waals surface area contributed by atoms with Crippen molar-refractivity contribution in [3.63, 3.8) is 0 Å². The molecule has 5 nitrogen and oxygen atoms in total. The van der Waals surface area contributed by atoms with E-state index in [0.29, 0.717) is 11.3 Å². The number of pyridine rings is 1. The second kappa shape index (κ2) is 8.57. The minimum atomic E-state index is -4.63. The van der Waals surface area contributed by atoms with Crippen LogP contribution in [0.15, 0.2) is 59.9 Å². The summed E-state index contributed by atoms with van der Waals surface area (Å²) in [6.45, 7) is 0. The fourth-order valence-corrected chi connectivity index (χ4v) is 3.01. The zero-order valence-corrected chi connectivity index (χ0v) is 15.6. The maximum absolute atomic E-state index is 13.2. The monoisotopic (exact) mass is 424 g/mol. The number of amides is 1. The van der Waals surface area contributed by atoms with Crippen molar-refractivity contribution in [2.75, 3.05) is 11.1 Å². The average Bonchev–Trinajstić information content (AvgIpc) is 2.68. The molecule has 1 aromatic carbocycles. The molecule has 3 rings (SSSR count). The Labute approximate surface area is 167 Å². The van der Waals surface area contributed by atoms with Crippen LogP contribution < -0.4 is 5.32 Å². The number of alkyl halides is 3. The molecule has 0 fully saturated rings. The third kappa shape index (κ3) is 5.20. The van der Waals surface area contributed by atoms with E-state index in [9.17, 15) is 18.0 Å². The van der Waals surface area contributed by atoms with E-state index >= 15 is 0 Å². The first-order chi connectivity index (χ1) is 13.3. The number of carbonyl (C=O) groups excluding carboxylic acids is 1. The highest BCUT2D eigenvalue weighted by Crippen LogP contribution is 2.32. The summed E-state index contributed by atoms with van der Waals surface area (Å²) in [5, 5.41) is 2.50. The number of carbonyl (C=O) groups is 1. The normalized spacial score (nSPS) is 11.3. The summed E-state index contributed by atoms with van der Waals surface area (Å²) in [5.74, 6) is -0.664. The Morgan fingerprint density at radius 2 is 1.86 bits per heavy atom. The van der Waals surface area contributed by atoms with Gasteiger partial charge in [0.1, 0.15) is 5.69 Å². The Morgan fingerprint density at radius 3 is 2.54 bits per heavy atom.